The van der Waals surface area contributed by atoms with Crippen molar-refractivity contribution in [2.24, 2.45) is 4.99 Å². The van der Waals surface area contributed by atoms with Crippen LogP contribution < -0.4 is 15.4 Å². The van der Waals surface area contributed by atoms with Crippen LogP contribution >= 0.6 is 0 Å². The fraction of sp³-hybridized carbons (Fsp3) is 0.647. The minimum Gasteiger partial charge on any atom is -0.476 e. The monoisotopic (exact) mass is 372 g/mol. The van der Waals surface area contributed by atoms with Gasteiger partial charge in [-0.3, -0.25) is 0 Å². The van der Waals surface area contributed by atoms with Crippen molar-refractivity contribution in [2.75, 3.05) is 19.7 Å². The van der Waals surface area contributed by atoms with Crippen LogP contribution in [0.25, 0.3) is 0 Å². The molecular weight excluding hydrogens is 349 g/mol. The zero-order chi connectivity index (χ0) is 18.6. The SMILES string of the molecule is CCNC(=NCCOc1ccc(C(F)(F)F)cn1)NC1CC2CCC1O2. The lowest BCUT2D eigenvalue weighted by atomic mass is 9.96. The van der Waals surface area contributed by atoms with E-state index in [1.54, 1.807) is 0 Å². The first kappa shape index (κ1) is 18.8. The molecule has 3 heterocycles. The third kappa shape index (κ3) is 4.78. The number of guanidine groups is 1. The Morgan fingerprint density at radius 1 is 1.38 bits per heavy atom. The molecule has 26 heavy (non-hydrogen) atoms. The quantitative estimate of drug-likeness (QED) is 0.456. The Morgan fingerprint density at radius 3 is 2.81 bits per heavy atom. The van der Waals surface area contributed by atoms with Gasteiger partial charge >= 0.3 is 6.18 Å². The van der Waals surface area contributed by atoms with Crippen LogP contribution in [0.4, 0.5) is 13.2 Å². The summed E-state index contributed by atoms with van der Waals surface area (Å²) in [6.07, 6.45) is 0.159. The number of ether oxygens (including phenoxy) is 2. The van der Waals surface area contributed by atoms with Gasteiger partial charge in [-0.05, 0) is 32.3 Å². The first-order chi connectivity index (χ1) is 12.5. The molecule has 2 aliphatic rings. The van der Waals surface area contributed by atoms with E-state index in [2.05, 4.69) is 20.6 Å². The van der Waals surface area contributed by atoms with Crippen LogP contribution in [0.2, 0.25) is 0 Å². The van der Waals surface area contributed by atoms with Gasteiger partial charge in [-0.15, -0.1) is 0 Å². The number of aromatic nitrogens is 1. The molecule has 9 heteroatoms. The molecule has 2 bridgehead atoms. The second kappa shape index (κ2) is 8.11. The van der Waals surface area contributed by atoms with Crippen molar-refractivity contribution in [1.29, 1.82) is 0 Å². The molecule has 0 aromatic carbocycles. The maximum atomic E-state index is 12.5. The normalized spacial score (nSPS) is 25.4. The van der Waals surface area contributed by atoms with Crippen molar-refractivity contribution in [3.05, 3.63) is 23.9 Å². The molecule has 0 spiro atoms. The highest BCUT2D eigenvalue weighted by Crippen LogP contribution is 2.34. The second-order valence-corrected chi connectivity index (χ2v) is 6.35. The van der Waals surface area contributed by atoms with Gasteiger partial charge in [0.15, 0.2) is 5.96 Å². The predicted octanol–water partition coefficient (Wildman–Crippen LogP) is 2.35. The van der Waals surface area contributed by atoms with Crippen LogP contribution in [0, 0.1) is 0 Å². The number of halogens is 3. The van der Waals surface area contributed by atoms with E-state index in [0.717, 1.165) is 38.1 Å². The summed E-state index contributed by atoms with van der Waals surface area (Å²) >= 11 is 0. The van der Waals surface area contributed by atoms with Crippen LogP contribution in [0.1, 0.15) is 31.7 Å². The Balaban J connectivity index is 1.46. The van der Waals surface area contributed by atoms with Gasteiger partial charge < -0.3 is 20.1 Å². The Kier molecular flexibility index (Phi) is 5.85. The minimum atomic E-state index is -4.40. The molecule has 3 unspecified atom stereocenters. The first-order valence-corrected chi connectivity index (χ1v) is 8.82. The number of fused-ring (bicyclic) bond motifs is 2. The summed E-state index contributed by atoms with van der Waals surface area (Å²) in [4.78, 5) is 8.11. The highest BCUT2D eigenvalue weighted by atomic mass is 19.4. The lowest BCUT2D eigenvalue weighted by Gasteiger charge is -2.22. The summed E-state index contributed by atoms with van der Waals surface area (Å²) in [5, 5.41) is 6.57. The largest absolute Gasteiger partial charge is 0.476 e. The highest BCUT2D eigenvalue weighted by molar-refractivity contribution is 5.80. The van der Waals surface area contributed by atoms with E-state index in [9.17, 15) is 13.2 Å². The molecular formula is C17H23F3N4O2. The number of nitrogens with one attached hydrogen (secondary N) is 2. The van der Waals surface area contributed by atoms with Crippen LogP contribution in [0.3, 0.4) is 0 Å². The number of nitrogens with zero attached hydrogens (tertiary/aromatic N) is 2. The van der Waals surface area contributed by atoms with E-state index in [1.807, 2.05) is 6.92 Å². The molecule has 2 aliphatic heterocycles. The van der Waals surface area contributed by atoms with Gasteiger partial charge in [-0.1, -0.05) is 0 Å². The Labute approximate surface area is 150 Å². The third-order valence-corrected chi connectivity index (χ3v) is 4.45. The van der Waals surface area contributed by atoms with E-state index in [4.69, 9.17) is 9.47 Å². The van der Waals surface area contributed by atoms with Crippen molar-refractivity contribution in [3.8, 4) is 5.88 Å². The number of pyridine rings is 1. The van der Waals surface area contributed by atoms with Gasteiger partial charge in [0.25, 0.3) is 0 Å². The standard InChI is InChI=1S/C17H23F3N4O2/c1-2-21-16(24-13-9-12-4-5-14(13)26-12)22-7-8-25-15-6-3-11(10-23-15)17(18,19)20/h3,6,10,12-14H,2,4-5,7-9H2,1H3,(H2,21,22,24). The summed E-state index contributed by atoms with van der Waals surface area (Å²) in [7, 11) is 0. The fourth-order valence-electron chi connectivity index (χ4n) is 3.23. The van der Waals surface area contributed by atoms with Crippen molar-refractivity contribution in [3.63, 3.8) is 0 Å². The molecule has 3 atom stereocenters. The average Bonchev–Trinajstić information content (AvgIpc) is 3.21. The average molecular weight is 372 g/mol. The number of alkyl halides is 3. The van der Waals surface area contributed by atoms with Crippen LogP contribution in [-0.2, 0) is 10.9 Å². The summed E-state index contributed by atoms with van der Waals surface area (Å²) in [6.45, 7) is 3.30. The molecule has 0 saturated carbocycles. The molecule has 144 valence electrons. The molecule has 2 saturated heterocycles. The van der Waals surface area contributed by atoms with Crippen LogP contribution in [-0.4, -0.2) is 48.9 Å². The van der Waals surface area contributed by atoms with Crippen molar-refractivity contribution >= 4 is 5.96 Å². The van der Waals surface area contributed by atoms with Gasteiger partial charge in [0.2, 0.25) is 5.88 Å². The molecule has 0 radical (unpaired) electrons. The lowest BCUT2D eigenvalue weighted by Crippen LogP contribution is -2.47. The lowest BCUT2D eigenvalue weighted by molar-refractivity contribution is -0.137. The third-order valence-electron chi connectivity index (χ3n) is 4.45. The van der Waals surface area contributed by atoms with Gasteiger partial charge in [0.05, 0.1) is 30.4 Å². The Morgan fingerprint density at radius 2 is 2.23 bits per heavy atom. The van der Waals surface area contributed by atoms with Crippen molar-refractivity contribution < 1.29 is 22.6 Å². The zero-order valence-corrected chi connectivity index (χ0v) is 14.6. The van der Waals surface area contributed by atoms with Gasteiger partial charge in [0.1, 0.15) is 6.61 Å². The predicted molar refractivity (Wildman–Crippen MR) is 90.1 cm³/mol. The maximum Gasteiger partial charge on any atom is 0.417 e. The molecule has 1 aromatic heterocycles. The number of rotatable bonds is 6. The zero-order valence-electron chi connectivity index (χ0n) is 14.6. The summed E-state index contributed by atoms with van der Waals surface area (Å²) in [6, 6.07) is 2.43. The molecule has 2 fully saturated rings. The van der Waals surface area contributed by atoms with Gasteiger partial charge in [0, 0.05) is 18.8 Å². The number of aliphatic imine (C=N–C) groups is 1. The fourth-order valence-corrected chi connectivity index (χ4v) is 3.23. The molecule has 1 aromatic rings. The molecule has 0 aliphatic carbocycles. The smallest absolute Gasteiger partial charge is 0.417 e. The summed E-state index contributed by atoms with van der Waals surface area (Å²) in [5.41, 5.74) is -0.797. The van der Waals surface area contributed by atoms with Crippen LogP contribution in [0.15, 0.2) is 23.3 Å². The van der Waals surface area contributed by atoms with Crippen LogP contribution in [0.5, 0.6) is 5.88 Å². The van der Waals surface area contributed by atoms with E-state index in [1.165, 1.54) is 6.07 Å². The first-order valence-electron chi connectivity index (χ1n) is 8.82. The van der Waals surface area contributed by atoms with Crippen molar-refractivity contribution in [2.45, 2.75) is 50.6 Å². The van der Waals surface area contributed by atoms with Gasteiger partial charge in [-0.2, -0.15) is 13.2 Å². The van der Waals surface area contributed by atoms with E-state index in [0.29, 0.717) is 18.6 Å². The second-order valence-electron chi connectivity index (χ2n) is 6.35. The van der Waals surface area contributed by atoms with E-state index in [-0.39, 0.29) is 24.6 Å². The molecule has 0 amide bonds. The molecule has 6 nitrogen and oxygen atoms in total. The minimum absolute atomic E-state index is 0.146. The molecule has 3 rings (SSSR count). The van der Waals surface area contributed by atoms with Crippen molar-refractivity contribution in [1.82, 2.24) is 15.6 Å². The van der Waals surface area contributed by atoms with E-state index < -0.39 is 11.7 Å². The summed E-state index contributed by atoms with van der Waals surface area (Å²) in [5.74, 6) is 0.838. The number of hydrogen-bond acceptors (Lipinski definition) is 4. The maximum absolute atomic E-state index is 12.5. The molecule has 2 N–H and O–H groups in total. The summed E-state index contributed by atoms with van der Waals surface area (Å²) < 4.78 is 48.6. The van der Waals surface area contributed by atoms with E-state index >= 15 is 0 Å². The van der Waals surface area contributed by atoms with Gasteiger partial charge in [-0.25, -0.2) is 9.98 Å². The Bertz CT molecular complexity index is 621. The number of hydrogen-bond donors (Lipinski definition) is 2. The highest BCUT2D eigenvalue weighted by Gasteiger charge is 2.41. The topological polar surface area (TPSA) is 67.8 Å². The Hall–Kier alpha value is -2.03.